The van der Waals surface area contributed by atoms with E-state index in [0.29, 0.717) is 11.3 Å². The highest BCUT2D eigenvalue weighted by Crippen LogP contribution is 2.27. The molecule has 2 atom stereocenters. The number of hydrogen-bond acceptors (Lipinski definition) is 3. The van der Waals surface area contributed by atoms with E-state index in [9.17, 15) is 9.59 Å². The van der Waals surface area contributed by atoms with Crippen molar-refractivity contribution in [1.82, 2.24) is 4.90 Å². The quantitative estimate of drug-likeness (QED) is 0.879. The molecular formula is C18H26ClN3O2. The van der Waals surface area contributed by atoms with Crippen LogP contribution in [0.2, 0.25) is 0 Å². The molecule has 2 amide bonds. The second-order valence-corrected chi connectivity index (χ2v) is 6.66. The van der Waals surface area contributed by atoms with E-state index in [0.717, 1.165) is 45.2 Å². The summed E-state index contributed by atoms with van der Waals surface area (Å²) in [6, 6.07) is 7.43. The number of halogens is 1. The third-order valence-corrected chi connectivity index (χ3v) is 4.90. The van der Waals surface area contributed by atoms with Gasteiger partial charge in [-0.15, -0.1) is 12.4 Å². The van der Waals surface area contributed by atoms with Crippen LogP contribution in [0.5, 0.6) is 0 Å². The van der Waals surface area contributed by atoms with Crippen molar-refractivity contribution in [2.75, 3.05) is 18.4 Å². The molecular weight excluding hydrogens is 326 g/mol. The fourth-order valence-electron chi connectivity index (χ4n) is 3.54. The Morgan fingerprint density at radius 3 is 2.46 bits per heavy atom. The van der Waals surface area contributed by atoms with Crippen LogP contribution in [-0.4, -0.2) is 35.8 Å². The van der Waals surface area contributed by atoms with Crippen molar-refractivity contribution in [2.24, 2.45) is 11.7 Å². The molecule has 2 fully saturated rings. The van der Waals surface area contributed by atoms with Crippen molar-refractivity contribution in [3.8, 4) is 0 Å². The molecule has 1 saturated carbocycles. The van der Waals surface area contributed by atoms with Crippen LogP contribution < -0.4 is 11.1 Å². The lowest BCUT2D eigenvalue weighted by atomic mass is 10.1. The molecule has 1 saturated heterocycles. The second-order valence-electron chi connectivity index (χ2n) is 6.66. The monoisotopic (exact) mass is 351 g/mol. The molecule has 3 rings (SSSR count). The highest BCUT2D eigenvalue weighted by atomic mass is 35.5. The third-order valence-electron chi connectivity index (χ3n) is 4.90. The number of piperidine rings is 1. The molecule has 1 aromatic rings. The SMILES string of the molecule is Cl.NC1CCC(C(=O)Nc2ccccc2C(=O)N2CCCCC2)C1. The largest absolute Gasteiger partial charge is 0.339 e. The summed E-state index contributed by atoms with van der Waals surface area (Å²) in [6.45, 7) is 1.61. The Balaban J connectivity index is 0.00000208. The van der Waals surface area contributed by atoms with Gasteiger partial charge in [0, 0.05) is 25.0 Å². The Labute approximate surface area is 149 Å². The van der Waals surface area contributed by atoms with Gasteiger partial charge < -0.3 is 16.0 Å². The number of nitrogens with one attached hydrogen (secondary N) is 1. The summed E-state index contributed by atoms with van der Waals surface area (Å²) >= 11 is 0. The summed E-state index contributed by atoms with van der Waals surface area (Å²) in [7, 11) is 0. The van der Waals surface area contributed by atoms with Crippen molar-refractivity contribution in [3.05, 3.63) is 29.8 Å². The molecule has 1 aliphatic carbocycles. The first kappa shape index (κ1) is 18.7. The fraction of sp³-hybridized carbons (Fsp3) is 0.556. The van der Waals surface area contributed by atoms with Crippen molar-refractivity contribution < 1.29 is 9.59 Å². The molecule has 0 aromatic heterocycles. The fourth-order valence-corrected chi connectivity index (χ4v) is 3.54. The Kier molecular flexibility index (Phi) is 6.63. The van der Waals surface area contributed by atoms with Gasteiger partial charge in [0.1, 0.15) is 0 Å². The number of carbonyl (C=O) groups excluding carboxylic acids is 2. The number of nitrogens with two attached hydrogens (primary N) is 1. The van der Waals surface area contributed by atoms with Crippen molar-refractivity contribution in [1.29, 1.82) is 0 Å². The summed E-state index contributed by atoms with van der Waals surface area (Å²) in [4.78, 5) is 27.0. The zero-order chi connectivity index (χ0) is 16.2. The summed E-state index contributed by atoms with van der Waals surface area (Å²) < 4.78 is 0. The highest BCUT2D eigenvalue weighted by molar-refractivity contribution is 6.04. The first-order valence-corrected chi connectivity index (χ1v) is 8.60. The predicted molar refractivity (Wildman–Crippen MR) is 97.4 cm³/mol. The van der Waals surface area contributed by atoms with Crippen LogP contribution >= 0.6 is 12.4 Å². The average Bonchev–Trinajstić information content (AvgIpc) is 3.02. The Morgan fingerprint density at radius 1 is 1.08 bits per heavy atom. The van der Waals surface area contributed by atoms with Gasteiger partial charge in [-0.1, -0.05) is 12.1 Å². The van der Waals surface area contributed by atoms with Gasteiger partial charge in [0.15, 0.2) is 0 Å². The number of carbonyl (C=O) groups is 2. The van der Waals surface area contributed by atoms with Gasteiger partial charge in [0.2, 0.25) is 5.91 Å². The summed E-state index contributed by atoms with van der Waals surface area (Å²) in [5.41, 5.74) is 7.10. The van der Waals surface area contributed by atoms with Gasteiger partial charge in [-0.05, 0) is 50.7 Å². The van der Waals surface area contributed by atoms with Gasteiger partial charge in [-0.25, -0.2) is 0 Å². The standard InChI is InChI=1S/C18H25N3O2.ClH/c19-14-9-8-13(12-14)17(22)20-16-7-3-2-6-15(16)18(23)21-10-4-1-5-11-21;/h2-3,6-7,13-14H,1,4-5,8-12,19H2,(H,20,22);1H. The minimum Gasteiger partial charge on any atom is -0.339 e. The summed E-state index contributed by atoms with van der Waals surface area (Å²) in [5.74, 6) is -0.0382. The van der Waals surface area contributed by atoms with Crippen LogP contribution in [0, 0.1) is 5.92 Å². The van der Waals surface area contributed by atoms with E-state index in [4.69, 9.17) is 5.73 Å². The van der Waals surface area contributed by atoms with E-state index in [1.165, 1.54) is 6.42 Å². The molecule has 0 radical (unpaired) electrons. The van der Waals surface area contributed by atoms with E-state index in [1.807, 2.05) is 23.1 Å². The molecule has 5 nitrogen and oxygen atoms in total. The Hall–Kier alpha value is -1.59. The van der Waals surface area contributed by atoms with E-state index >= 15 is 0 Å². The summed E-state index contributed by atoms with van der Waals surface area (Å²) in [6.07, 6.45) is 5.75. The van der Waals surface area contributed by atoms with Crippen LogP contribution in [0.3, 0.4) is 0 Å². The number of para-hydroxylation sites is 1. The van der Waals surface area contributed by atoms with Gasteiger partial charge in [-0.3, -0.25) is 9.59 Å². The van der Waals surface area contributed by atoms with Gasteiger partial charge in [0.25, 0.3) is 5.91 Å². The minimum absolute atomic E-state index is 0. The number of benzene rings is 1. The first-order valence-electron chi connectivity index (χ1n) is 8.60. The zero-order valence-electron chi connectivity index (χ0n) is 13.9. The maximum absolute atomic E-state index is 12.7. The number of anilines is 1. The number of nitrogens with zero attached hydrogens (tertiary/aromatic N) is 1. The lowest BCUT2D eigenvalue weighted by molar-refractivity contribution is -0.119. The number of hydrogen-bond donors (Lipinski definition) is 2. The van der Waals surface area contributed by atoms with E-state index in [2.05, 4.69) is 5.32 Å². The normalized spacial score (nSPS) is 23.5. The molecule has 1 aromatic carbocycles. The molecule has 0 spiro atoms. The molecule has 3 N–H and O–H groups in total. The minimum atomic E-state index is -0.0388. The lowest BCUT2D eigenvalue weighted by Crippen LogP contribution is -2.36. The van der Waals surface area contributed by atoms with E-state index in [-0.39, 0.29) is 36.2 Å². The molecule has 2 aliphatic rings. The van der Waals surface area contributed by atoms with Crippen LogP contribution in [-0.2, 0) is 4.79 Å². The first-order chi connectivity index (χ1) is 11.1. The molecule has 1 heterocycles. The highest BCUT2D eigenvalue weighted by Gasteiger charge is 2.29. The molecule has 132 valence electrons. The lowest BCUT2D eigenvalue weighted by Gasteiger charge is -2.27. The van der Waals surface area contributed by atoms with Crippen molar-refractivity contribution in [2.45, 2.75) is 44.6 Å². The van der Waals surface area contributed by atoms with Gasteiger partial charge in [-0.2, -0.15) is 0 Å². The molecule has 1 aliphatic heterocycles. The third kappa shape index (κ3) is 4.28. The van der Waals surface area contributed by atoms with Crippen LogP contribution in [0.4, 0.5) is 5.69 Å². The average molecular weight is 352 g/mol. The second kappa shape index (κ2) is 8.49. The Morgan fingerprint density at radius 2 is 1.79 bits per heavy atom. The molecule has 6 heteroatoms. The number of rotatable bonds is 3. The van der Waals surface area contributed by atoms with Crippen LogP contribution in [0.15, 0.2) is 24.3 Å². The zero-order valence-corrected chi connectivity index (χ0v) is 14.7. The van der Waals surface area contributed by atoms with Crippen molar-refractivity contribution >= 4 is 29.9 Å². The van der Waals surface area contributed by atoms with Crippen LogP contribution in [0.1, 0.15) is 48.9 Å². The van der Waals surface area contributed by atoms with Gasteiger partial charge >= 0.3 is 0 Å². The smallest absolute Gasteiger partial charge is 0.255 e. The van der Waals surface area contributed by atoms with Gasteiger partial charge in [0.05, 0.1) is 11.3 Å². The number of likely N-dealkylation sites (tertiary alicyclic amines) is 1. The van der Waals surface area contributed by atoms with E-state index < -0.39 is 0 Å². The number of amides is 2. The van der Waals surface area contributed by atoms with Crippen molar-refractivity contribution in [3.63, 3.8) is 0 Å². The maximum Gasteiger partial charge on any atom is 0.255 e. The van der Waals surface area contributed by atoms with Crippen LogP contribution in [0.25, 0.3) is 0 Å². The molecule has 2 unspecified atom stereocenters. The van der Waals surface area contributed by atoms with E-state index in [1.54, 1.807) is 6.07 Å². The topological polar surface area (TPSA) is 75.4 Å². The maximum atomic E-state index is 12.7. The molecule has 24 heavy (non-hydrogen) atoms. The molecule has 0 bridgehead atoms. The Bertz CT molecular complexity index is 587. The predicted octanol–water partition coefficient (Wildman–Crippen LogP) is 2.80. The summed E-state index contributed by atoms with van der Waals surface area (Å²) in [5, 5.41) is 2.95.